The van der Waals surface area contributed by atoms with Crippen molar-refractivity contribution in [2.45, 2.75) is 32.6 Å². The van der Waals surface area contributed by atoms with Gasteiger partial charge in [-0.05, 0) is 62.7 Å². The van der Waals surface area contributed by atoms with E-state index >= 15 is 0 Å². The summed E-state index contributed by atoms with van der Waals surface area (Å²) in [7, 11) is -3.40. The van der Waals surface area contributed by atoms with Gasteiger partial charge in [0, 0.05) is 12.3 Å². The zero-order valence-corrected chi connectivity index (χ0v) is 20.2. The van der Waals surface area contributed by atoms with Gasteiger partial charge in [-0.1, -0.05) is 6.92 Å². The minimum absolute atomic E-state index is 0.00901. The molecule has 2 heterocycles. The summed E-state index contributed by atoms with van der Waals surface area (Å²) in [5.41, 5.74) is -0.250. The Morgan fingerprint density at radius 3 is 2.51 bits per heavy atom. The van der Waals surface area contributed by atoms with E-state index in [-0.39, 0.29) is 34.9 Å². The Morgan fingerprint density at radius 1 is 1.29 bits per heavy atom. The molecule has 2 N–H and O–H groups in total. The third kappa shape index (κ3) is 5.93. The molecule has 3 rings (SSSR count). The van der Waals surface area contributed by atoms with Crippen molar-refractivity contribution in [2.75, 3.05) is 29.2 Å². The third-order valence-electron chi connectivity index (χ3n) is 5.47. The summed E-state index contributed by atoms with van der Waals surface area (Å²) >= 11 is 0. The fourth-order valence-electron chi connectivity index (χ4n) is 3.73. The molecule has 1 aliphatic rings. The molecule has 1 amide bonds. The van der Waals surface area contributed by atoms with Gasteiger partial charge in [-0.2, -0.15) is 23.0 Å². The van der Waals surface area contributed by atoms with Crippen molar-refractivity contribution in [3.05, 3.63) is 47.3 Å². The van der Waals surface area contributed by atoms with Crippen molar-refractivity contribution in [1.82, 2.24) is 10.3 Å². The lowest BCUT2D eigenvalue weighted by Gasteiger charge is -2.29. The van der Waals surface area contributed by atoms with Gasteiger partial charge < -0.3 is 10.1 Å². The van der Waals surface area contributed by atoms with Crippen LogP contribution in [0.15, 0.2) is 30.3 Å². The van der Waals surface area contributed by atoms with Crippen molar-refractivity contribution in [1.29, 1.82) is 5.26 Å². The predicted octanol–water partition coefficient (Wildman–Crippen LogP) is 2.77. The maximum atomic E-state index is 13.5. The molecule has 0 atom stereocenters. The molecule has 1 saturated heterocycles. The van der Waals surface area contributed by atoms with Crippen LogP contribution in [0.1, 0.15) is 48.5 Å². The first-order valence-electron chi connectivity index (χ1n) is 11.1. The zero-order chi connectivity index (χ0) is 25.6. The molecule has 0 spiro atoms. The maximum Gasteiger partial charge on any atom is 0.331 e. The van der Waals surface area contributed by atoms with Crippen molar-refractivity contribution in [2.24, 2.45) is 5.92 Å². The number of nitrogens with one attached hydrogen (secondary N) is 2. The summed E-state index contributed by atoms with van der Waals surface area (Å²) in [4.78, 5) is 30.2. The van der Waals surface area contributed by atoms with Gasteiger partial charge in [-0.15, -0.1) is 0 Å². The molecule has 1 aromatic heterocycles. The van der Waals surface area contributed by atoms with Crippen LogP contribution in [0.2, 0.25) is 0 Å². The summed E-state index contributed by atoms with van der Waals surface area (Å²) in [5, 5.41) is 12.9. The number of nitrogens with zero attached hydrogens (tertiary/aromatic N) is 3. The van der Waals surface area contributed by atoms with Crippen LogP contribution in [0.3, 0.4) is 0 Å². The highest BCUT2D eigenvalue weighted by atomic mass is 32.2. The van der Waals surface area contributed by atoms with Crippen LogP contribution in [0.5, 0.6) is 5.88 Å². The number of methoxy groups -OCH3 is 1. The Kier molecular flexibility index (Phi) is 8.37. The average Bonchev–Trinajstić information content (AvgIpc) is 2.85. The van der Waals surface area contributed by atoms with E-state index in [9.17, 15) is 27.7 Å². The molecule has 1 aliphatic heterocycles. The Hall–Kier alpha value is -3.56. The van der Waals surface area contributed by atoms with Gasteiger partial charge in [0.1, 0.15) is 11.9 Å². The maximum absolute atomic E-state index is 13.5. The molecule has 2 aromatic rings. The smallest absolute Gasteiger partial charge is 0.331 e. The molecule has 10 nitrogen and oxygen atoms in total. The summed E-state index contributed by atoms with van der Waals surface area (Å²) in [6.45, 7) is 2.84. The van der Waals surface area contributed by atoms with Crippen LogP contribution >= 0.6 is 0 Å². The van der Waals surface area contributed by atoms with E-state index in [1.807, 2.05) is 13.0 Å². The molecule has 35 heavy (non-hydrogen) atoms. The molecule has 0 bridgehead atoms. The van der Waals surface area contributed by atoms with Crippen LogP contribution in [-0.2, 0) is 15.0 Å². The minimum atomic E-state index is -4.65. The lowest BCUT2D eigenvalue weighted by molar-refractivity contribution is -0.121. The first kappa shape index (κ1) is 26.1. The summed E-state index contributed by atoms with van der Waals surface area (Å²) in [6.07, 6.45) is 1.48. The lowest BCUT2D eigenvalue weighted by Crippen LogP contribution is -2.47. The Labute approximate surface area is 203 Å². The number of aromatic nitrogens is 1. The number of amides is 1. The van der Waals surface area contributed by atoms with Gasteiger partial charge in [0.2, 0.25) is 11.8 Å². The molecule has 0 saturated carbocycles. The van der Waals surface area contributed by atoms with E-state index in [1.165, 1.54) is 25.3 Å². The van der Waals surface area contributed by atoms with Gasteiger partial charge in [0.25, 0.3) is 0 Å². The van der Waals surface area contributed by atoms with E-state index in [4.69, 9.17) is 4.74 Å². The van der Waals surface area contributed by atoms with E-state index in [2.05, 4.69) is 15.0 Å². The van der Waals surface area contributed by atoms with E-state index in [0.717, 1.165) is 12.1 Å². The van der Waals surface area contributed by atoms with E-state index in [1.54, 1.807) is 0 Å². The highest BCUT2D eigenvalue weighted by molar-refractivity contribution is 7.94. The second-order valence-corrected chi connectivity index (χ2v) is 9.46. The first-order chi connectivity index (χ1) is 16.7. The van der Waals surface area contributed by atoms with Gasteiger partial charge in [-0.3, -0.25) is 14.3 Å². The number of anilines is 2. The highest BCUT2D eigenvalue weighted by Crippen LogP contribution is 2.31. The monoisotopic (exact) mass is 503 g/mol. The van der Waals surface area contributed by atoms with Crippen LogP contribution in [-0.4, -0.2) is 45.3 Å². The summed E-state index contributed by atoms with van der Waals surface area (Å²) in [6, 6.07) is 7.56. The number of ketones is 1. The number of pyridine rings is 1. The number of nitriles is 1. The number of rotatable bonds is 9. The average molecular weight is 504 g/mol. The number of ether oxygens (including phenoxy) is 1. The standard InChI is InChI=1S/C23H26FN5O5S/c1-3-4-20(30)19-13-16(14-25)21(27-22(19)34-2)29(23(31)15-9-11-26-12-10-15)35(32,33)28-18-7-5-17(24)6-8-18/h5-8,13,15,26,28H,3-4,9-12H2,1-2H3. The third-order valence-corrected chi connectivity index (χ3v) is 6.80. The minimum Gasteiger partial charge on any atom is -0.480 e. The van der Waals surface area contributed by atoms with Gasteiger partial charge >= 0.3 is 10.2 Å². The number of carbonyl (C=O) groups excluding carboxylic acids is 2. The molecule has 1 fully saturated rings. The van der Waals surface area contributed by atoms with Gasteiger partial charge in [0.15, 0.2) is 11.6 Å². The Balaban J connectivity index is 2.16. The van der Waals surface area contributed by atoms with Crippen LogP contribution < -0.4 is 19.1 Å². The Morgan fingerprint density at radius 2 is 1.94 bits per heavy atom. The molecule has 0 radical (unpaired) electrons. The Bertz CT molecular complexity index is 1240. The van der Waals surface area contributed by atoms with Crippen molar-refractivity contribution in [3.8, 4) is 11.9 Å². The predicted molar refractivity (Wildman–Crippen MR) is 127 cm³/mol. The number of Topliss-reactive ketones (excluding diaryl/α,β-unsaturated/α-hetero) is 1. The molecule has 0 aliphatic carbocycles. The largest absolute Gasteiger partial charge is 0.480 e. The van der Waals surface area contributed by atoms with E-state index < -0.39 is 33.7 Å². The number of piperidine rings is 1. The molecule has 186 valence electrons. The topological polar surface area (TPSA) is 141 Å². The van der Waals surface area contributed by atoms with Crippen LogP contribution in [0, 0.1) is 23.1 Å². The highest BCUT2D eigenvalue weighted by Gasteiger charge is 2.38. The van der Waals surface area contributed by atoms with Crippen molar-refractivity contribution < 1.29 is 27.1 Å². The van der Waals surface area contributed by atoms with Crippen molar-refractivity contribution in [3.63, 3.8) is 0 Å². The van der Waals surface area contributed by atoms with Gasteiger partial charge in [-0.25, -0.2) is 4.39 Å². The second kappa shape index (κ2) is 11.2. The molecule has 0 unspecified atom stereocenters. The molecular formula is C23H26FN5O5S. The lowest BCUT2D eigenvalue weighted by atomic mass is 9.97. The number of hydrogen-bond donors (Lipinski definition) is 2. The normalized spacial score (nSPS) is 14.1. The van der Waals surface area contributed by atoms with E-state index in [0.29, 0.717) is 36.7 Å². The SMILES string of the molecule is CCCC(=O)c1cc(C#N)c(N(C(=O)C2CCNCC2)S(=O)(=O)Nc2ccc(F)cc2)nc1OC. The molecule has 1 aromatic carbocycles. The quantitative estimate of drug-likeness (QED) is 0.498. The zero-order valence-electron chi connectivity index (χ0n) is 19.4. The van der Waals surface area contributed by atoms with Gasteiger partial charge in [0.05, 0.1) is 23.9 Å². The fraction of sp³-hybridized carbons (Fsp3) is 0.391. The number of hydrogen-bond acceptors (Lipinski definition) is 8. The van der Waals surface area contributed by atoms with Crippen LogP contribution in [0.4, 0.5) is 15.9 Å². The fourth-order valence-corrected chi connectivity index (χ4v) is 5.00. The summed E-state index contributed by atoms with van der Waals surface area (Å²) in [5.74, 6) is -3.00. The number of benzene rings is 1. The van der Waals surface area contributed by atoms with Crippen LogP contribution in [0.25, 0.3) is 0 Å². The number of halogens is 1. The first-order valence-corrected chi connectivity index (χ1v) is 12.5. The molecule has 12 heteroatoms. The summed E-state index contributed by atoms with van der Waals surface area (Å²) < 4.78 is 48.2. The van der Waals surface area contributed by atoms with Crippen molar-refractivity contribution >= 4 is 33.4 Å². The second-order valence-electron chi connectivity index (χ2n) is 7.94. The molecular weight excluding hydrogens is 477 g/mol. The number of carbonyl (C=O) groups is 2.